The van der Waals surface area contributed by atoms with E-state index in [1.54, 1.807) is 0 Å². The van der Waals surface area contributed by atoms with Gasteiger partial charge in [-0.05, 0) is 30.6 Å². The molecule has 0 aromatic carbocycles. The van der Waals surface area contributed by atoms with Crippen LogP contribution in [-0.4, -0.2) is 30.2 Å². The molecule has 4 atom stereocenters. The highest BCUT2D eigenvalue weighted by Crippen LogP contribution is 2.57. The van der Waals surface area contributed by atoms with Gasteiger partial charge < -0.3 is 14.6 Å². The van der Waals surface area contributed by atoms with Gasteiger partial charge in [0.25, 0.3) is 0 Å². The first-order valence-electron chi connectivity index (χ1n) is 7.04. The maximum absolute atomic E-state index is 10.3. The summed E-state index contributed by atoms with van der Waals surface area (Å²) in [4.78, 5) is 0. The Kier molecular flexibility index (Phi) is 2.77. The van der Waals surface area contributed by atoms with E-state index >= 15 is 0 Å². The Morgan fingerprint density at radius 2 is 1.82 bits per heavy atom. The third kappa shape index (κ3) is 1.59. The number of hydrogen-bond acceptors (Lipinski definition) is 3. The molecule has 1 N–H and O–H groups in total. The smallest absolute Gasteiger partial charge is 0.171 e. The van der Waals surface area contributed by atoms with E-state index in [9.17, 15) is 5.11 Å². The summed E-state index contributed by atoms with van der Waals surface area (Å²) >= 11 is 0. The zero-order chi connectivity index (χ0) is 12.1. The van der Waals surface area contributed by atoms with Gasteiger partial charge in [0.1, 0.15) is 0 Å². The first-order valence-corrected chi connectivity index (χ1v) is 7.04. The summed E-state index contributed by atoms with van der Waals surface area (Å²) in [5, 5.41) is 10.3. The normalized spacial score (nSPS) is 49.2. The molecular weight excluding hydrogens is 216 g/mol. The Labute approximate surface area is 103 Å². The summed E-state index contributed by atoms with van der Waals surface area (Å²) in [6, 6.07) is 0. The van der Waals surface area contributed by atoms with Gasteiger partial charge in [0.15, 0.2) is 5.79 Å². The van der Waals surface area contributed by atoms with Gasteiger partial charge in [0, 0.05) is 12.3 Å². The van der Waals surface area contributed by atoms with E-state index < -0.39 is 0 Å². The lowest BCUT2D eigenvalue weighted by Crippen LogP contribution is -2.56. The summed E-state index contributed by atoms with van der Waals surface area (Å²) < 4.78 is 11.8. The molecule has 1 aliphatic heterocycles. The maximum Gasteiger partial charge on any atom is 0.171 e. The zero-order valence-electron chi connectivity index (χ0n) is 10.9. The van der Waals surface area contributed by atoms with E-state index in [4.69, 9.17) is 9.47 Å². The highest BCUT2D eigenvalue weighted by atomic mass is 16.7. The van der Waals surface area contributed by atoms with Crippen molar-refractivity contribution in [1.82, 2.24) is 0 Å². The summed E-state index contributed by atoms with van der Waals surface area (Å²) in [5.41, 5.74) is 0.0816. The lowest BCUT2D eigenvalue weighted by atomic mass is 9.54. The van der Waals surface area contributed by atoms with E-state index in [2.05, 4.69) is 13.8 Å². The predicted molar refractivity (Wildman–Crippen MR) is 64.5 cm³/mol. The van der Waals surface area contributed by atoms with Gasteiger partial charge in [0.2, 0.25) is 0 Å². The molecule has 3 heteroatoms. The molecule has 1 spiro atoms. The van der Waals surface area contributed by atoms with E-state index in [1.807, 2.05) is 0 Å². The van der Waals surface area contributed by atoms with Crippen molar-refractivity contribution in [3.8, 4) is 0 Å². The number of hydrogen-bond donors (Lipinski definition) is 1. The van der Waals surface area contributed by atoms with E-state index in [1.165, 1.54) is 6.42 Å². The average Bonchev–Trinajstić information content (AvgIpc) is 2.78. The molecule has 2 aliphatic carbocycles. The van der Waals surface area contributed by atoms with Crippen molar-refractivity contribution in [2.45, 2.75) is 57.8 Å². The molecular formula is C14H24O3. The Hall–Kier alpha value is -0.120. The Bertz CT molecular complexity index is 298. The second kappa shape index (κ2) is 3.94. The Balaban J connectivity index is 1.88. The molecule has 0 bridgehead atoms. The van der Waals surface area contributed by atoms with Crippen molar-refractivity contribution in [2.24, 2.45) is 17.3 Å². The van der Waals surface area contributed by atoms with Crippen molar-refractivity contribution in [3.63, 3.8) is 0 Å². The van der Waals surface area contributed by atoms with Crippen LogP contribution < -0.4 is 0 Å². The van der Waals surface area contributed by atoms with Crippen LogP contribution in [0.1, 0.15) is 46.0 Å². The fourth-order valence-corrected chi connectivity index (χ4v) is 4.47. The van der Waals surface area contributed by atoms with Crippen LogP contribution in [0.5, 0.6) is 0 Å². The van der Waals surface area contributed by atoms with E-state index in [0.717, 1.165) is 38.9 Å². The van der Waals surface area contributed by atoms with Crippen LogP contribution in [0.25, 0.3) is 0 Å². The molecule has 4 unspecified atom stereocenters. The van der Waals surface area contributed by atoms with Crippen LogP contribution in [0.3, 0.4) is 0 Å². The standard InChI is InChI=1S/C14H24O3/c1-10-11-4-3-5-12(15)13(11,2)6-7-14(10)16-8-9-17-14/h10-12,15H,3-9H2,1-2H3. The zero-order valence-corrected chi connectivity index (χ0v) is 10.9. The molecule has 3 rings (SSSR count). The molecule has 17 heavy (non-hydrogen) atoms. The number of aliphatic hydroxyl groups is 1. The van der Waals surface area contributed by atoms with Crippen LogP contribution in [0.2, 0.25) is 0 Å². The molecule has 2 saturated carbocycles. The third-order valence-corrected chi connectivity index (χ3v) is 5.69. The summed E-state index contributed by atoms with van der Waals surface area (Å²) in [6.07, 6.45) is 5.16. The fraction of sp³-hybridized carbons (Fsp3) is 1.00. The summed E-state index contributed by atoms with van der Waals surface area (Å²) in [5.74, 6) is 0.609. The van der Waals surface area contributed by atoms with Crippen molar-refractivity contribution < 1.29 is 14.6 Å². The molecule has 3 aliphatic rings. The topological polar surface area (TPSA) is 38.7 Å². The van der Waals surface area contributed by atoms with Gasteiger partial charge in [-0.2, -0.15) is 0 Å². The molecule has 0 aromatic rings. The van der Waals surface area contributed by atoms with Crippen LogP contribution in [0.15, 0.2) is 0 Å². The molecule has 1 heterocycles. The van der Waals surface area contributed by atoms with Crippen LogP contribution in [0, 0.1) is 17.3 Å². The Morgan fingerprint density at radius 1 is 1.12 bits per heavy atom. The third-order valence-electron chi connectivity index (χ3n) is 5.69. The van der Waals surface area contributed by atoms with Crippen LogP contribution >= 0.6 is 0 Å². The van der Waals surface area contributed by atoms with E-state index in [0.29, 0.717) is 11.8 Å². The second-order valence-corrected chi connectivity index (χ2v) is 6.36. The van der Waals surface area contributed by atoms with Crippen molar-refractivity contribution in [3.05, 3.63) is 0 Å². The second-order valence-electron chi connectivity index (χ2n) is 6.36. The number of ether oxygens (including phenoxy) is 2. The molecule has 1 saturated heterocycles. The van der Waals surface area contributed by atoms with Crippen LogP contribution in [-0.2, 0) is 9.47 Å². The first-order chi connectivity index (χ1) is 8.08. The van der Waals surface area contributed by atoms with Crippen molar-refractivity contribution in [1.29, 1.82) is 0 Å². The average molecular weight is 240 g/mol. The van der Waals surface area contributed by atoms with Crippen molar-refractivity contribution in [2.75, 3.05) is 13.2 Å². The van der Waals surface area contributed by atoms with Gasteiger partial charge in [-0.15, -0.1) is 0 Å². The number of fused-ring (bicyclic) bond motifs is 1. The van der Waals surface area contributed by atoms with Gasteiger partial charge in [-0.3, -0.25) is 0 Å². The van der Waals surface area contributed by atoms with Gasteiger partial charge >= 0.3 is 0 Å². The predicted octanol–water partition coefficient (Wildman–Crippen LogP) is 2.33. The minimum Gasteiger partial charge on any atom is -0.393 e. The number of rotatable bonds is 0. The molecule has 98 valence electrons. The largest absolute Gasteiger partial charge is 0.393 e. The van der Waals surface area contributed by atoms with Gasteiger partial charge in [0.05, 0.1) is 19.3 Å². The molecule has 3 nitrogen and oxygen atoms in total. The SMILES string of the molecule is CC1C2CCCC(O)C2(C)CCC12OCCO2. The highest BCUT2D eigenvalue weighted by Gasteiger charge is 2.57. The maximum atomic E-state index is 10.3. The quantitative estimate of drug-likeness (QED) is 0.706. The lowest BCUT2D eigenvalue weighted by Gasteiger charge is -2.56. The van der Waals surface area contributed by atoms with Gasteiger partial charge in [-0.1, -0.05) is 20.3 Å². The molecule has 3 fully saturated rings. The number of aliphatic hydroxyl groups excluding tert-OH is 1. The molecule has 0 amide bonds. The summed E-state index contributed by atoms with van der Waals surface area (Å²) in [6.45, 7) is 5.98. The van der Waals surface area contributed by atoms with Crippen LogP contribution in [0.4, 0.5) is 0 Å². The minimum atomic E-state index is -0.332. The molecule has 0 aromatic heterocycles. The molecule has 0 radical (unpaired) electrons. The minimum absolute atomic E-state index is 0.0816. The van der Waals surface area contributed by atoms with Gasteiger partial charge in [-0.25, -0.2) is 0 Å². The highest BCUT2D eigenvalue weighted by molar-refractivity contribution is 5.03. The van der Waals surface area contributed by atoms with E-state index in [-0.39, 0.29) is 17.3 Å². The van der Waals surface area contributed by atoms with Crippen molar-refractivity contribution >= 4 is 0 Å². The lowest BCUT2D eigenvalue weighted by molar-refractivity contribution is -0.258. The fourth-order valence-electron chi connectivity index (χ4n) is 4.47. The summed E-state index contributed by atoms with van der Waals surface area (Å²) in [7, 11) is 0. The Morgan fingerprint density at radius 3 is 2.53 bits per heavy atom. The first kappa shape index (κ1) is 11.9. The monoisotopic (exact) mass is 240 g/mol.